The maximum absolute atomic E-state index is 11.6. The molecule has 1 aliphatic rings. The zero-order chi connectivity index (χ0) is 17.1. The summed E-state index contributed by atoms with van der Waals surface area (Å²) in [7, 11) is 0. The number of halogens is 3. The van der Waals surface area contributed by atoms with E-state index in [1.165, 1.54) is 0 Å². The van der Waals surface area contributed by atoms with Gasteiger partial charge in [-0.25, -0.2) is 4.79 Å². The summed E-state index contributed by atoms with van der Waals surface area (Å²) in [5.41, 5.74) is 3.86. The lowest BCUT2D eigenvalue weighted by atomic mass is 10.1. The highest BCUT2D eigenvalue weighted by atomic mass is 19.4. The fourth-order valence-corrected chi connectivity index (χ4v) is 2.29. The molecule has 1 heterocycles. The Labute approximate surface area is 124 Å². The number of nitrogens with two attached hydrogens (primary N) is 1. The van der Waals surface area contributed by atoms with E-state index in [1.54, 1.807) is 17.7 Å². The van der Waals surface area contributed by atoms with Crippen LogP contribution in [0.4, 0.5) is 13.2 Å². The van der Waals surface area contributed by atoms with Crippen molar-refractivity contribution in [1.82, 2.24) is 9.55 Å². The zero-order valence-electron chi connectivity index (χ0n) is 12.2. The molecule has 9 heteroatoms. The van der Waals surface area contributed by atoms with E-state index in [0.717, 1.165) is 19.3 Å². The number of carbonyl (C=O) groups is 1. The molecule has 22 heavy (non-hydrogen) atoms. The summed E-state index contributed by atoms with van der Waals surface area (Å²) in [5, 5.41) is 0. The second-order valence-electron chi connectivity index (χ2n) is 5.41. The number of rotatable bonds is 1. The minimum absolute atomic E-state index is 0.267. The third-order valence-corrected chi connectivity index (χ3v) is 3.49. The maximum atomic E-state index is 11.6. The number of carbonyl (C=O) groups excluding carboxylic acids is 1. The lowest BCUT2D eigenvalue weighted by molar-refractivity contribution is -0.169. The van der Waals surface area contributed by atoms with E-state index in [4.69, 9.17) is 4.79 Å². The SMILES string of the molecule is Cc1cn([C@H]2CC[C@@H](C)C2)c(=O)[nH]c1=O.NC(=O)C(F)(F)F. The maximum Gasteiger partial charge on any atom is 0.470 e. The molecule has 0 radical (unpaired) electrons. The van der Waals surface area contributed by atoms with E-state index in [1.807, 2.05) is 0 Å². The molecule has 1 aromatic rings. The van der Waals surface area contributed by atoms with E-state index in [9.17, 15) is 22.8 Å². The first-order chi connectivity index (χ1) is 10.0. The molecule has 0 aromatic carbocycles. The van der Waals surface area contributed by atoms with Crippen molar-refractivity contribution in [2.75, 3.05) is 0 Å². The minimum Gasteiger partial charge on any atom is -0.362 e. The molecule has 1 saturated carbocycles. The van der Waals surface area contributed by atoms with Gasteiger partial charge in [-0.2, -0.15) is 13.2 Å². The Morgan fingerprint density at radius 1 is 1.36 bits per heavy atom. The van der Waals surface area contributed by atoms with Crippen LogP contribution in [0.3, 0.4) is 0 Å². The van der Waals surface area contributed by atoms with Crippen molar-refractivity contribution in [3.8, 4) is 0 Å². The van der Waals surface area contributed by atoms with Gasteiger partial charge < -0.3 is 5.73 Å². The van der Waals surface area contributed by atoms with Crippen molar-refractivity contribution in [3.63, 3.8) is 0 Å². The van der Waals surface area contributed by atoms with Gasteiger partial charge in [0.05, 0.1) is 0 Å². The molecule has 0 unspecified atom stereocenters. The van der Waals surface area contributed by atoms with Crippen LogP contribution in [0.15, 0.2) is 15.8 Å². The number of amides is 1. The fourth-order valence-electron chi connectivity index (χ4n) is 2.29. The monoisotopic (exact) mass is 321 g/mol. The molecule has 0 spiro atoms. The number of alkyl halides is 3. The van der Waals surface area contributed by atoms with Gasteiger partial charge in [-0.15, -0.1) is 0 Å². The topological polar surface area (TPSA) is 97.9 Å². The van der Waals surface area contributed by atoms with Crippen molar-refractivity contribution in [3.05, 3.63) is 32.6 Å². The van der Waals surface area contributed by atoms with E-state index >= 15 is 0 Å². The molecule has 2 rings (SSSR count). The summed E-state index contributed by atoms with van der Waals surface area (Å²) in [6, 6.07) is 0.267. The third kappa shape index (κ3) is 4.74. The smallest absolute Gasteiger partial charge is 0.362 e. The second-order valence-corrected chi connectivity index (χ2v) is 5.41. The van der Waals surface area contributed by atoms with Crippen LogP contribution in [0.2, 0.25) is 0 Å². The Hall–Kier alpha value is -2.06. The van der Waals surface area contributed by atoms with E-state index in [-0.39, 0.29) is 17.3 Å². The fraction of sp³-hybridized carbons (Fsp3) is 0.615. The first-order valence-electron chi connectivity index (χ1n) is 6.71. The highest BCUT2D eigenvalue weighted by Crippen LogP contribution is 2.32. The van der Waals surface area contributed by atoms with Crippen molar-refractivity contribution in [1.29, 1.82) is 0 Å². The normalized spacial score (nSPS) is 21.1. The van der Waals surface area contributed by atoms with Crippen LogP contribution in [0.1, 0.15) is 37.8 Å². The van der Waals surface area contributed by atoms with Crippen LogP contribution >= 0.6 is 0 Å². The molecule has 0 bridgehead atoms. The molecule has 124 valence electrons. The molecule has 0 saturated heterocycles. The van der Waals surface area contributed by atoms with Gasteiger partial charge in [0.2, 0.25) is 0 Å². The highest BCUT2D eigenvalue weighted by molar-refractivity contribution is 5.79. The lowest BCUT2D eigenvalue weighted by Gasteiger charge is -2.13. The molecule has 1 aliphatic carbocycles. The van der Waals surface area contributed by atoms with Gasteiger partial charge in [0.1, 0.15) is 0 Å². The van der Waals surface area contributed by atoms with Gasteiger partial charge in [0.15, 0.2) is 0 Å². The van der Waals surface area contributed by atoms with Crippen LogP contribution in [0.25, 0.3) is 0 Å². The number of aromatic nitrogens is 2. The first kappa shape index (κ1) is 18.0. The molecule has 1 aromatic heterocycles. The molecular weight excluding hydrogens is 303 g/mol. The predicted molar refractivity (Wildman–Crippen MR) is 73.4 cm³/mol. The number of hydrogen-bond acceptors (Lipinski definition) is 3. The Kier molecular flexibility index (Phi) is 5.56. The molecular formula is C13H18F3N3O3. The first-order valence-corrected chi connectivity index (χ1v) is 6.71. The van der Waals surface area contributed by atoms with E-state index in [0.29, 0.717) is 11.5 Å². The molecule has 1 fully saturated rings. The van der Waals surface area contributed by atoms with Crippen molar-refractivity contribution >= 4 is 5.91 Å². The van der Waals surface area contributed by atoms with Crippen molar-refractivity contribution < 1.29 is 18.0 Å². The number of aromatic amines is 1. The molecule has 1 amide bonds. The molecule has 0 aliphatic heterocycles. The number of aryl methyl sites for hydroxylation is 1. The average molecular weight is 321 g/mol. The van der Waals surface area contributed by atoms with Crippen LogP contribution in [-0.4, -0.2) is 21.6 Å². The molecule has 6 nitrogen and oxygen atoms in total. The van der Waals surface area contributed by atoms with Crippen LogP contribution in [-0.2, 0) is 4.79 Å². The zero-order valence-corrected chi connectivity index (χ0v) is 12.2. The number of nitrogens with one attached hydrogen (secondary N) is 1. The van der Waals surface area contributed by atoms with Crippen LogP contribution in [0.5, 0.6) is 0 Å². The van der Waals surface area contributed by atoms with E-state index < -0.39 is 12.1 Å². The quantitative estimate of drug-likeness (QED) is 0.814. The summed E-state index contributed by atoms with van der Waals surface area (Å²) in [6.07, 6.45) is 0.0527. The van der Waals surface area contributed by atoms with Gasteiger partial charge in [-0.05, 0) is 32.1 Å². The summed E-state index contributed by atoms with van der Waals surface area (Å²) < 4.78 is 33.8. The summed E-state index contributed by atoms with van der Waals surface area (Å²) in [4.78, 5) is 34.3. The Bertz CT molecular complexity index is 648. The number of hydrogen-bond donors (Lipinski definition) is 2. The van der Waals surface area contributed by atoms with Gasteiger partial charge in [-0.3, -0.25) is 19.1 Å². The largest absolute Gasteiger partial charge is 0.470 e. The van der Waals surface area contributed by atoms with Gasteiger partial charge in [0, 0.05) is 17.8 Å². The molecule has 2 atom stereocenters. The Morgan fingerprint density at radius 2 is 1.91 bits per heavy atom. The Balaban J connectivity index is 0.000000295. The summed E-state index contributed by atoms with van der Waals surface area (Å²) >= 11 is 0. The van der Waals surface area contributed by atoms with Crippen LogP contribution in [0, 0.1) is 12.8 Å². The van der Waals surface area contributed by atoms with Gasteiger partial charge >= 0.3 is 17.8 Å². The van der Waals surface area contributed by atoms with Crippen LogP contribution < -0.4 is 17.0 Å². The highest BCUT2D eigenvalue weighted by Gasteiger charge is 2.35. The van der Waals surface area contributed by atoms with Gasteiger partial charge in [-0.1, -0.05) is 6.92 Å². The van der Waals surface area contributed by atoms with Crippen molar-refractivity contribution in [2.45, 2.75) is 45.3 Å². The second kappa shape index (κ2) is 6.80. The van der Waals surface area contributed by atoms with Crippen molar-refractivity contribution in [2.24, 2.45) is 11.7 Å². The molecule has 3 N–H and O–H groups in total. The Morgan fingerprint density at radius 3 is 2.32 bits per heavy atom. The number of H-pyrrole nitrogens is 1. The predicted octanol–water partition coefficient (Wildman–Crippen LogP) is 1.24. The number of primary amides is 1. The minimum atomic E-state index is -4.86. The lowest BCUT2D eigenvalue weighted by Crippen LogP contribution is -2.32. The summed E-state index contributed by atoms with van der Waals surface area (Å²) in [5.74, 6) is -1.58. The average Bonchev–Trinajstić information content (AvgIpc) is 2.80. The summed E-state index contributed by atoms with van der Waals surface area (Å²) in [6.45, 7) is 3.93. The number of nitrogens with zero attached hydrogens (tertiary/aromatic N) is 1. The van der Waals surface area contributed by atoms with Gasteiger partial charge in [0.25, 0.3) is 5.56 Å². The van der Waals surface area contributed by atoms with E-state index in [2.05, 4.69) is 17.6 Å². The third-order valence-electron chi connectivity index (χ3n) is 3.49. The standard InChI is InChI=1S/C11H16N2O2.C2H2F3NO/c1-7-3-4-9(5-7)13-6-8(2)10(14)12-11(13)15;3-2(4,5)1(6)7/h6-7,9H,3-5H2,1-2H3,(H,12,14,15);(H2,6,7)/t7-,9+;/m1./s1.